The van der Waals surface area contributed by atoms with Gasteiger partial charge in [-0.15, -0.1) is 10.2 Å². The Balaban J connectivity index is 1.49. The monoisotopic (exact) mass is 493 g/mol. The molecule has 3 N–H and O–H groups in total. The van der Waals surface area contributed by atoms with Crippen LogP contribution in [0.1, 0.15) is 17.7 Å². The Hall–Kier alpha value is -3.76. The van der Waals surface area contributed by atoms with Gasteiger partial charge < -0.3 is 16.0 Å². The molecule has 1 atom stereocenters. The fourth-order valence-electron chi connectivity index (χ4n) is 3.05. The number of halogens is 1. The molecule has 7 nitrogen and oxygen atoms in total. The van der Waals surface area contributed by atoms with Crippen LogP contribution in [0.4, 0.5) is 26.6 Å². The Kier molecular flexibility index (Phi) is 7.51. The largest absolute Gasteiger partial charge is 0.330 e. The van der Waals surface area contributed by atoms with E-state index in [0.717, 1.165) is 11.3 Å². The minimum absolute atomic E-state index is 0.155. The maximum absolute atomic E-state index is 13.2. The highest BCUT2D eigenvalue weighted by atomic mass is 32.2. The van der Waals surface area contributed by atoms with E-state index in [1.807, 2.05) is 42.5 Å². The van der Waals surface area contributed by atoms with E-state index < -0.39 is 5.25 Å². The molecule has 0 saturated heterocycles. The number of rotatable bonds is 8. The van der Waals surface area contributed by atoms with Gasteiger partial charge in [-0.2, -0.15) is 0 Å². The Morgan fingerprint density at radius 3 is 2.35 bits per heavy atom. The van der Waals surface area contributed by atoms with Crippen molar-refractivity contribution in [2.45, 2.75) is 16.5 Å². The number of benzene rings is 3. The molecule has 2 amide bonds. The first-order chi connectivity index (χ1) is 16.5. The molecule has 1 unspecified atom stereocenters. The van der Waals surface area contributed by atoms with Crippen LogP contribution in [0.2, 0.25) is 0 Å². The predicted molar refractivity (Wildman–Crippen MR) is 134 cm³/mol. The highest BCUT2D eigenvalue weighted by Crippen LogP contribution is 2.39. The highest BCUT2D eigenvalue weighted by Gasteiger charge is 2.24. The van der Waals surface area contributed by atoms with Crippen LogP contribution in [0, 0.1) is 5.82 Å². The van der Waals surface area contributed by atoms with Crippen molar-refractivity contribution in [1.82, 2.24) is 10.2 Å². The van der Waals surface area contributed by atoms with Crippen molar-refractivity contribution in [2.75, 3.05) is 16.0 Å². The molecule has 0 aliphatic rings. The molecule has 172 valence electrons. The quantitative estimate of drug-likeness (QED) is 0.267. The zero-order valence-electron chi connectivity index (χ0n) is 18.0. The number of nitrogens with one attached hydrogen (secondary N) is 3. The summed E-state index contributed by atoms with van der Waals surface area (Å²) < 4.78 is 13.8. The van der Waals surface area contributed by atoms with Crippen molar-refractivity contribution in [3.8, 4) is 0 Å². The fourth-order valence-corrected chi connectivity index (χ4v) is 5.02. The molecule has 34 heavy (non-hydrogen) atoms. The zero-order valence-corrected chi connectivity index (χ0v) is 19.6. The van der Waals surface area contributed by atoms with Crippen LogP contribution < -0.4 is 16.0 Å². The van der Waals surface area contributed by atoms with Gasteiger partial charge in [0.05, 0.1) is 0 Å². The normalized spacial score (nSPS) is 11.5. The first kappa shape index (κ1) is 23.4. The number of anilines is 4. The predicted octanol–water partition coefficient (Wildman–Crippen LogP) is 5.85. The average molecular weight is 494 g/mol. The first-order valence-electron chi connectivity index (χ1n) is 10.2. The van der Waals surface area contributed by atoms with Crippen LogP contribution in [0.5, 0.6) is 0 Å². The Bertz CT molecular complexity index is 1280. The molecular formula is C24H20FN5O2S2. The van der Waals surface area contributed by atoms with E-state index in [9.17, 15) is 14.0 Å². The molecular weight excluding hydrogens is 473 g/mol. The zero-order chi connectivity index (χ0) is 23.9. The van der Waals surface area contributed by atoms with Crippen LogP contribution >= 0.6 is 23.1 Å². The van der Waals surface area contributed by atoms with E-state index in [1.165, 1.54) is 54.3 Å². The number of aromatic nitrogens is 2. The van der Waals surface area contributed by atoms with Gasteiger partial charge in [-0.1, -0.05) is 59.5 Å². The number of thioether (sulfide) groups is 1. The van der Waals surface area contributed by atoms with E-state index in [4.69, 9.17) is 0 Å². The van der Waals surface area contributed by atoms with Gasteiger partial charge in [0, 0.05) is 24.0 Å². The summed E-state index contributed by atoms with van der Waals surface area (Å²) in [5.41, 5.74) is 2.72. The van der Waals surface area contributed by atoms with Gasteiger partial charge in [0.1, 0.15) is 11.1 Å². The Labute approximate surface area is 203 Å². The molecule has 0 saturated carbocycles. The molecule has 0 aliphatic carbocycles. The molecule has 10 heteroatoms. The highest BCUT2D eigenvalue weighted by molar-refractivity contribution is 8.02. The maximum atomic E-state index is 13.2. The molecule has 0 radical (unpaired) electrons. The van der Waals surface area contributed by atoms with Crippen molar-refractivity contribution < 1.29 is 14.0 Å². The van der Waals surface area contributed by atoms with Crippen LogP contribution in [0.3, 0.4) is 0 Å². The maximum Gasteiger partial charge on any atom is 0.242 e. The van der Waals surface area contributed by atoms with Gasteiger partial charge in [0.25, 0.3) is 0 Å². The summed E-state index contributed by atoms with van der Waals surface area (Å²) in [7, 11) is 0. The molecule has 1 heterocycles. The van der Waals surface area contributed by atoms with E-state index >= 15 is 0 Å². The number of carbonyl (C=O) groups excluding carboxylic acids is 2. The van der Waals surface area contributed by atoms with Crippen molar-refractivity contribution in [1.29, 1.82) is 0 Å². The Morgan fingerprint density at radius 2 is 1.62 bits per heavy atom. The molecule has 0 aliphatic heterocycles. The first-order valence-corrected chi connectivity index (χ1v) is 11.9. The van der Waals surface area contributed by atoms with E-state index in [0.29, 0.717) is 20.8 Å². The summed E-state index contributed by atoms with van der Waals surface area (Å²) in [5.74, 6) is -0.781. The molecule has 0 bridgehead atoms. The molecule has 1 aromatic heterocycles. The van der Waals surface area contributed by atoms with Gasteiger partial charge in [-0.25, -0.2) is 4.39 Å². The second kappa shape index (κ2) is 10.9. The van der Waals surface area contributed by atoms with E-state index in [1.54, 1.807) is 12.1 Å². The summed E-state index contributed by atoms with van der Waals surface area (Å²) in [6.07, 6.45) is 0. The standard InChI is InChI=1S/C24H20FN5O2S2/c1-15(31)26-19-8-5-9-20(14-19)28-23-29-30-24(34-23)33-21(16-6-3-2-4-7-16)22(32)27-18-12-10-17(25)11-13-18/h2-14,21H,1H3,(H,26,31)(H,27,32)(H,28,29). The van der Waals surface area contributed by atoms with Gasteiger partial charge in [0.15, 0.2) is 4.34 Å². The lowest BCUT2D eigenvalue weighted by Crippen LogP contribution is -2.19. The number of hydrogen-bond acceptors (Lipinski definition) is 7. The Morgan fingerprint density at radius 1 is 0.882 bits per heavy atom. The summed E-state index contributed by atoms with van der Waals surface area (Å²) >= 11 is 2.59. The van der Waals surface area contributed by atoms with E-state index in [-0.39, 0.29) is 17.6 Å². The smallest absolute Gasteiger partial charge is 0.242 e. The number of amides is 2. The van der Waals surface area contributed by atoms with Crippen LogP contribution in [-0.2, 0) is 9.59 Å². The number of hydrogen-bond donors (Lipinski definition) is 3. The molecule has 4 rings (SSSR count). The third-order valence-corrected chi connectivity index (χ3v) is 6.69. The second-order valence-corrected chi connectivity index (χ2v) is 9.49. The molecule has 0 spiro atoms. The topological polar surface area (TPSA) is 96.0 Å². The summed E-state index contributed by atoms with van der Waals surface area (Å²) in [6, 6.07) is 22.2. The summed E-state index contributed by atoms with van der Waals surface area (Å²) in [5, 5.41) is 17.1. The fraction of sp³-hybridized carbons (Fsp3) is 0.0833. The van der Waals surface area contributed by atoms with Crippen molar-refractivity contribution in [3.05, 3.63) is 90.2 Å². The van der Waals surface area contributed by atoms with Crippen molar-refractivity contribution in [2.24, 2.45) is 0 Å². The average Bonchev–Trinajstić information content (AvgIpc) is 3.26. The molecule has 0 fully saturated rings. The van der Waals surface area contributed by atoms with Gasteiger partial charge in [-0.3, -0.25) is 9.59 Å². The minimum Gasteiger partial charge on any atom is -0.330 e. The SMILES string of the molecule is CC(=O)Nc1cccc(Nc2nnc(SC(C(=O)Nc3ccc(F)cc3)c3ccccc3)s2)c1. The van der Waals surface area contributed by atoms with Crippen molar-refractivity contribution in [3.63, 3.8) is 0 Å². The van der Waals surface area contributed by atoms with Crippen LogP contribution in [0.15, 0.2) is 83.2 Å². The van der Waals surface area contributed by atoms with E-state index in [2.05, 4.69) is 26.1 Å². The minimum atomic E-state index is -0.588. The lowest BCUT2D eigenvalue weighted by molar-refractivity contribution is -0.116. The molecule has 4 aromatic rings. The summed E-state index contributed by atoms with van der Waals surface area (Å²) in [4.78, 5) is 24.4. The number of carbonyl (C=O) groups is 2. The molecule has 3 aromatic carbocycles. The van der Waals surface area contributed by atoms with Crippen molar-refractivity contribution >= 4 is 57.1 Å². The second-order valence-electron chi connectivity index (χ2n) is 7.16. The van der Waals surface area contributed by atoms with Gasteiger partial charge >= 0.3 is 0 Å². The summed E-state index contributed by atoms with van der Waals surface area (Å²) in [6.45, 7) is 1.45. The number of nitrogens with zero attached hydrogens (tertiary/aromatic N) is 2. The van der Waals surface area contributed by atoms with Crippen LogP contribution in [0.25, 0.3) is 0 Å². The van der Waals surface area contributed by atoms with Crippen LogP contribution in [-0.4, -0.2) is 22.0 Å². The third kappa shape index (κ3) is 6.40. The third-order valence-electron chi connectivity index (χ3n) is 4.51. The van der Waals surface area contributed by atoms with Gasteiger partial charge in [0.2, 0.25) is 16.9 Å². The van der Waals surface area contributed by atoms with Gasteiger partial charge in [-0.05, 0) is 48.0 Å². The lowest BCUT2D eigenvalue weighted by atomic mass is 10.1. The lowest BCUT2D eigenvalue weighted by Gasteiger charge is -2.15.